The van der Waals surface area contributed by atoms with E-state index in [0.717, 1.165) is 31.5 Å². The maximum Gasteiger partial charge on any atom is 0.203 e. The molecule has 0 aliphatic heterocycles. The number of rotatable bonds is 9. The predicted octanol–water partition coefficient (Wildman–Crippen LogP) is 4.09. The van der Waals surface area contributed by atoms with E-state index in [-0.39, 0.29) is 0 Å². The van der Waals surface area contributed by atoms with Crippen molar-refractivity contribution in [1.29, 1.82) is 0 Å². The molecule has 5 nitrogen and oxygen atoms in total. The van der Waals surface area contributed by atoms with E-state index in [2.05, 4.69) is 41.6 Å². The number of aromatic nitrogens is 1. The van der Waals surface area contributed by atoms with Crippen LogP contribution in [0.5, 0.6) is 17.2 Å². The minimum atomic E-state index is 0.620. The van der Waals surface area contributed by atoms with Crippen LogP contribution in [0.2, 0.25) is 0 Å². The van der Waals surface area contributed by atoms with Crippen molar-refractivity contribution in [2.45, 2.75) is 26.3 Å². The van der Waals surface area contributed by atoms with E-state index in [4.69, 9.17) is 14.2 Å². The third-order valence-corrected chi connectivity index (χ3v) is 4.89. The van der Waals surface area contributed by atoms with Crippen LogP contribution in [0.1, 0.15) is 23.6 Å². The SMILES string of the molecule is CCc1cccc2c(CCNCc3cc(OC)c(OC)c(OC)c3)c[nH]c12. The first-order chi connectivity index (χ1) is 13.2. The Kier molecular flexibility index (Phi) is 6.24. The average Bonchev–Trinajstić information content (AvgIpc) is 3.13. The minimum absolute atomic E-state index is 0.620. The Hall–Kier alpha value is -2.66. The minimum Gasteiger partial charge on any atom is -0.493 e. The maximum absolute atomic E-state index is 5.42. The smallest absolute Gasteiger partial charge is 0.203 e. The number of aromatic amines is 1. The molecule has 0 fully saturated rings. The second kappa shape index (κ2) is 8.82. The van der Waals surface area contributed by atoms with Gasteiger partial charge in [-0.1, -0.05) is 25.1 Å². The van der Waals surface area contributed by atoms with Crippen molar-refractivity contribution in [2.75, 3.05) is 27.9 Å². The molecule has 144 valence electrons. The largest absolute Gasteiger partial charge is 0.493 e. The molecule has 5 heteroatoms. The molecule has 0 amide bonds. The fourth-order valence-corrected chi connectivity index (χ4v) is 3.47. The molecule has 3 aromatic rings. The molecule has 0 spiro atoms. The van der Waals surface area contributed by atoms with Crippen LogP contribution in [0.4, 0.5) is 0 Å². The molecular formula is C22H28N2O3. The molecule has 0 radical (unpaired) electrons. The molecule has 27 heavy (non-hydrogen) atoms. The van der Waals surface area contributed by atoms with Crippen LogP contribution in [0.25, 0.3) is 10.9 Å². The number of hydrogen-bond donors (Lipinski definition) is 2. The summed E-state index contributed by atoms with van der Waals surface area (Å²) in [6.07, 6.45) is 4.14. The van der Waals surface area contributed by atoms with Crippen molar-refractivity contribution in [1.82, 2.24) is 10.3 Å². The van der Waals surface area contributed by atoms with Gasteiger partial charge in [-0.2, -0.15) is 0 Å². The average molecular weight is 368 g/mol. The van der Waals surface area contributed by atoms with E-state index in [0.29, 0.717) is 17.2 Å². The Morgan fingerprint density at radius 1 is 0.963 bits per heavy atom. The van der Waals surface area contributed by atoms with E-state index in [1.807, 2.05) is 12.1 Å². The number of aryl methyl sites for hydroxylation is 1. The van der Waals surface area contributed by atoms with Crippen molar-refractivity contribution in [3.05, 3.63) is 53.2 Å². The van der Waals surface area contributed by atoms with Gasteiger partial charge in [0.1, 0.15) is 0 Å². The van der Waals surface area contributed by atoms with Gasteiger partial charge in [-0.25, -0.2) is 0 Å². The maximum atomic E-state index is 5.42. The van der Waals surface area contributed by atoms with Gasteiger partial charge < -0.3 is 24.5 Å². The van der Waals surface area contributed by atoms with Crippen LogP contribution in [0.3, 0.4) is 0 Å². The van der Waals surface area contributed by atoms with Crippen LogP contribution < -0.4 is 19.5 Å². The van der Waals surface area contributed by atoms with E-state index in [1.54, 1.807) is 21.3 Å². The second-order valence-corrected chi connectivity index (χ2v) is 6.47. The molecule has 1 heterocycles. The van der Waals surface area contributed by atoms with Gasteiger partial charge in [0.2, 0.25) is 5.75 Å². The molecular weight excluding hydrogens is 340 g/mol. The standard InChI is InChI=1S/C22H28N2O3/c1-5-16-7-6-8-18-17(14-24-21(16)18)9-10-23-13-15-11-19(25-2)22(27-4)20(12-15)26-3/h6-8,11-12,14,23-24H,5,9-10,13H2,1-4H3. The molecule has 0 aliphatic rings. The fraction of sp³-hybridized carbons (Fsp3) is 0.364. The number of methoxy groups -OCH3 is 3. The zero-order chi connectivity index (χ0) is 19.2. The van der Waals surface area contributed by atoms with Gasteiger partial charge in [-0.15, -0.1) is 0 Å². The molecule has 0 bridgehead atoms. The van der Waals surface area contributed by atoms with Gasteiger partial charge in [-0.3, -0.25) is 0 Å². The molecule has 3 rings (SSSR count). The third kappa shape index (κ3) is 4.03. The van der Waals surface area contributed by atoms with Gasteiger partial charge >= 0.3 is 0 Å². The lowest BCUT2D eigenvalue weighted by Crippen LogP contribution is -2.16. The number of para-hydroxylation sites is 1. The summed E-state index contributed by atoms with van der Waals surface area (Å²) in [5.74, 6) is 1.98. The molecule has 0 aliphatic carbocycles. The first-order valence-electron chi connectivity index (χ1n) is 9.29. The highest BCUT2D eigenvalue weighted by atomic mass is 16.5. The quantitative estimate of drug-likeness (QED) is 0.559. The lowest BCUT2D eigenvalue weighted by molar-refractivity contribution is 0.323. The summed E-state index contributed by atoms with van der Waals surface area (Å²) in [6, 6.07) is 10.5. The Morgan fingerprint density at radius 3 is 2.33 bits per heavy atom. The Morgan fingerprint density at radius 2 is 1.70 bits per heavy atom. The Labute approximate surface area is 160 Å². The van der Waals surface area contributed by atoms with Gasteiger partial charge in [0.05, 0.1) is 21.3 Å². The van der Waals surface area contributed by atoms with Crippen molar-refractivity contribution in [2.24, 2.45) is 0 Å². The summed E-state index contributed by atoms with van der Waals surface area (Å²) in [5, 5.41) is 4.83. The second-order valence-electron chi connectivity index (χ2n) is 6.47. The molecule has 0 unspecified atom stereocenters. The number of fused-ring (bicyclic) bond motifs is 1. The fourth-order valence-electron chi connectivity index (χ4n) is 3.47. The van der Waals surface area contributed by atoms with E-state index in [1.165, 1.54) is 22.0 Å². The van der Waals surface area contributed by atoms with Crippen molar-refractivity contribution >= 4 is 10.9 Å². The van der Waals surface area contributed by atoms with Gasteiger partial charge in [0.25, 0.3) is 0 Å². The summed E-state index contributed by atoms with van der Waals surface area (Å²) in [6.45, 7) is 3.81. The molecule has 0 atom stereocenters. The van der Waals surface area contributed by atoms with Crippen LogP contribution >= 0.6 is 0 Å². The summed E-state index contributed by atoms with van der Waals surface area (Å²) in [4.78, 5) is 3.43. The Bertz CT molecular complexity index is 877. The van der Waals surface area contributed by atoms with Crippen molar-refractivity contribution < 1.29 is 14.2 Å². The lowest BCUT2D eigenvalue weighted by Gasteiger charge is -2.14. The first kappa shape index (κ1) is 19.1. The third-order valence-electron chi connectivity index (χ3n) is 4.89. The summed E-state index contributed by atoms with van der Waals surface area (Å²) in [5.41, 5.74) is 5.07. The lowest BCUT2D eigenvalue weighted by atomic mass is 10.1. The highest BCUT2D eigenvalue weighted by Gasteiger charge is 2.13. The first-order valence-corrected chi connectivity index (χ1v) is 9.29. The zero-order valence-corrected chi connectivity index (χ0v) is 16.5. The van der Waals surface area contributed by atoms with Crippen LogP contribution in [-0.4, -0.2) is 32.9 Å². The zero-order valence-electron chi connectivity index (χ0n) is 16.5. The molecule has 2 aromatic carbocycles. The topological polar surface area (TPSA) is 55.5 Å². The Balaban J connectivity index is 1.64. The normalized spacial score (nSPS) is 11.0. The monoisotopic (exact) mass is 368 g/mol. The summed E-state index contributed by atoms with van der Waals surface area (Å²) in [7, 11) is 4.88. The van der Waals surface area contributed by atoms with Crippen LogP contribution in [-0.2, 0) is 19.4 Å². The highest BCUT2D eigenvalue weighted by Crippen LogP contribution is 2.38. The van der Waals surface area contributed by atoms with Crippen LogP contribution in [0.15, 0.2) is 36.5 Å². The van der Waals surface area contributed by atoms with Gasteiger partial charge in [0.15, 0.2) is 11.5 Å². The van der Waals surface area contributed by atoms with Crippen molar-refractivity contribution in [3.8, 4) is 17.2 Å². The molecule has 0 saturated carbocycles. The van der Waals surface area contributed by atoms with E-state index >= 15 is 0 Å². The number of H-pyrrole nitrogens is 1. The summed E-state index contributed by atoms with van der Waals surface area (Å²) >= 11 is 0. The van der Waals surface area contributed by atoms with E-state index < -0.39 is 0 Å². The number of ether oxygens (including phenoxy) is 3. The highest BCUT2D eigenvalue weighted by molar-refractivity contribution is 5.86. The van der Waals surface area contributed by atoms with Crippen molar-refractivity contribution in [3.63, 3.8) is 0 Å². The number of hydrogen-bond acceptors (Lipinski definition) is 4. The van der Waals surface area contributed by atoms with Crippen LogP contribution in [0, 0.1) is 0 Å². The van der Waals surface area contributed by atoms with Gasteiger partial charge in [0, 0.05) is 23.6 Å². The summed E-state index contributed by atoms with van der Waals surface area (Å²) < 4.78 is 16.2. The predicted molar refractivity (Wildman–Crippen MR) is 109 cm³/mol. The molecule has 1 aromatic heterocycles. The molecule has 0 saturated heterocycles. The number of benzene rings is 2. The molecule has 2 N–H and O–H groups in total. The van der Waals surface area contributed by atoms with E-state index in [9.17, 15) is 0 Å². The number of nitrogens with one attached hydrogen (secondary N) is 2. The van der Waals surface area contributed by atoms with Gasteiger partial charge in [-0.05, 0) is 48.2 Å².